The molecule has 0 spiro atoms. The van der Waals surface area contributed by atoms with Crippen LogP contribution in [0.5, 0.6) is 0 Å². The molecule has 0 aromatic heterocycles. The number of hydrogen-bond donors (Lipinski definition) is 0. The van der Waals surface area contributed by atoms with Crippen LogP contribution >= 0.6 is 0 Å². The summed E-state index contributed by atoms with van der Waals surface area (Å²) in [7, 11) is 0. The van der Waals surface area contributed by atoms with Gasteiger partial charge in [0, 0.05) is 0 Å². The molecule has 0 heterocycles. The Morgan fingerprint density at radius 3 is 1.85 bits per heavy atom. The zero-order chi connectivity index (χ0) is 26.3. The van der Waals surface area contributed by atoms with Gasteiger partial charge < -0.3 is 24.8 Å². The third-order valence-electron chi connectivity index (χ3n) is 7.07. The molecule has 0 fully saturated rings. The quantitative estimate of drug-likeness (QED) is 0.256. The van der Waals surface area contributed by atoms with E-state index in [4.69, 9.17) is 0 Å². The van der Waals surface area contributed by atoms with Crippen molar-refractivity contribution in [3.05, 3.63) is 173 Å². The molecule has 0 nitrogen and oxygen atoms in total. The smallest absolute Gasteiger partial charge is 0.0253 e. The maximum Gasteiger partial charge on any atom is -0.0253 e. The van der Waals surface area contributed by atoms with Gasteiger partial charge in [0.2, 0.25) is 0 Å². The molecule has 0 unspecified atom stereocenters. The minimum absolute atomic E-state index is 0. The van der Waals surface area contributed by atoms with E-state index in [1.54, 1.807) is 0 Å². The fraction of sp³-hybridized carbons (Fsp3) is 0.0811. The monoisotopic (exact) mass is 634 g/mol. The summed E-state index contributed by atoms with van der Waals surface area (Å²) >= 11 is 1.46. The molecule has 3 heteroatoms. The van der Waals surface area contributed by atoms with Gasteiger partial charge in [-0.05, 0) is 6.42 Å². The normalized spacial score (nSPS) is 10.4. The van der Waals surface area contributed by atoms with E-state index < -0.39 is 0 Å². The predicted octanol–water partition coefficient (Wildman–Crippen LogP) is 3.04. The second kappa shape index (κ2) is 15.2. The summed E-state index contributed by atoms with van der Waals surface area (Å²) in [4.78, 5) is 0. The fourth-order valence-electron chi connectivity index (χ4n) is 4.89. The first-order chi connectivity index (χ1) is 18.6. The van der Waals surface area contributed by atoms with Crippen LogP contribution in [-0.2, 0) is 30.7 Å². The second-order valence-corrected chi connectivity index (χ2v) is 10.8. The molecule has 0 amide bonds. The molecular formula is C37H30Cl2Zr-2. The maximum absolute atomic E-state index is 3.30. The van der Waals surface area contributed by atoms with E-state index in [-0.39, 0.29) is 24.8 Å². The van der Waals surface area contributed by atoms with E-state index >= 15 is 0 Å². The first-order valence-electron chi connectivity index (χ1n) is 13.0. The van der Waals surface area contributed by atoms with Gasteiger partial charge in [-0.3, -0.25) is 0 Å². The Kier molecular flexibility index (Phi) is 12.0. The van der Waals surface area contributed by atoms with E-state index in [0.717, 1.165) is 6.42 Å². The van der Waals surface area contributed by atoms with Gasteiger partial charge >= 0.3 is 99.2 Å². The molecule has 40 heavy (non-hydrogen) atoms. The molecule has 6 aromatic rings. The third kappa shape index (κ3) is 7.41. The zero-order valence-electron chi connectivity index (χ0n) is 22.7. The Hall–Kier alpha value is -2.96. The van der Waals surface area contributed by atoms with Crippen molar-refractivity contribution >= 4 is 14.0 Å². The summed E-state index contributed by atoms with van der Waals surface area (Å²) in [6.45, 7) is 4.34. The third-order valence-corrected chi connectivity index (χ3v) is 8.49. The first kappa shape index (κ1) is 31.6. The number of hydrogen-bond acceptors (Lipinski definition) is 0. The number of rotatable bonds is 2. The van der Waals surface area contributed by atoms with Crippen molar-refractivity contribution in [3.8, 4) is 11.1 Å². The van der Waals surface area contributed by atoms with Crippen LogP contribution in [0.1, 0.15) is 33.4 Å². The molecule has 0 bridgehead atoms. The van der Waals surface area contributed by atoms with Gasteiger partial charge in [-0.2, -0.15) is 35.4 Å². The Morgan fingerprint density at radius 1 is 0.650 bits per heavy atom. The Bertz CT molecular complexity index is 1580. The van der Waals surface area contributed by atoms with Crippen LogP contribution in [0.3, 0.4) is 0 Å². The van der Waals surface area contributed by atoms with E-state index in [1.165, 1.54) is 82.7 Å². The van der Waals surface area contributed by atoms with Crippen molar-refractivity contribution in [1.29, 1.82) is 0 Å². The molecule has 198 valence electrons. The Labute approximate surface area is 265 Å². The molecule has 0 atom stereocenters. The second-order valence-electron chi connectivity index (χ2n) is 9.54. The van der Waals surface area contributed by atoms with Gasteiger partial charge in [-0.15, -0.1) is 46.2 Å². The van der Waals surface area contributed by atoms with E-state index in [9.17, 15) is 0 Å². The van der Waals surface area contributed by atoms with Crippen LogP contribution in [0.15, 0.2) is 133 Å². The van der Waals surface area contributed by atoms with Gasteiger partial charge in [-0.1, -0.05) is 55.3 Å². The first-order valence-corrected chi connectivity index (χ1v) is 14.2. The molecule has 0 aliphatic heterocycles. The summed E-state index contributed by atoms with van der Waals surface area (Å²) < 4.78 is 1.42. The van der Waals surface area contributed by atoms with Crippen LogP contribution in [0.25, 0.3) is 21.9 Å². The van der Waals surface area contributed by atoms with Gasteiger partial charge in [0.05, 0.1) is 0 Å². The Balaban J connectivity index is 0.000000162. The van der Waals surface area contributed by atoms with E-state index in [2.05, 4.69) is 147 Å². The fourth-order valence-corrected chi connectivity index (χ4v) is 5.71. The molecular weight excluding hydrogens is 607 g/mol. The molecule has 0 N–H and O–H groups in total. The van der Waals surface area contributed by atoms with Crippen LogP contribution in [0.2, 0.25) is 0 Å². The molecule has 0 radical (unpaired) electrons. The van der Waals surface area contributed by atoms with E-state index in [1.807, 2.05) is 6.07 Å². The van der Waals surface area contributed by atoms with Crippen molar-refractivity contribution in [2.24, 2.45) is 0 Å². The standard InChI is InChI=1S/C13H9.C13H10.C11H11.2ClH.Zr/c1-3-7-12-10(5-1)9-11-6-2-4-8-13(11)12;1-3-7-12(8-4-1)11-13-9-5-2-6-10-13;1-8-7-10-5-3-4-6-11(10)9(8)2;;;/h1-5,7-8H,9H2;1-10H;3-7H,1-2H3;2*1H;/q-1;;-1;;;+2/p-2. The van der Waals surface area contributed by atoms with Crippen molar-refractivity contribution in [2.75, 3.05) is 0 Å². The minimum Gasteiger partial charge on any atom is -0.179 e. The summed E-state index contributed by atoms with van der Waals surface area (Å²) in [5.74, 6) is 0. The molecule has 1 aliphatic carbocycles. The van der Waals surface area contributed by atoms with Gasteiger partial charge in [0.25, 0.3) is 0 Å². The van der Waals surface area contributed by atoms with Gasteiger partial charge in [0.1, 0.15) is 0 Å². The number of benzene rings is 5. The number of aryl methyl sites for hydroxylation is 2. The number of halogens is 2. The zero-order valence-corrected chi connectivity index (χ0v) is 26.6. The van der Waals surface area contributed by atoms with Gasteiger partial charge in [0.15, 0.2) is 0 Å². The summed E-state index contributed by atoms with van der Waals surface area (Å²) in [5.41, 5.74) is 11.0. The number of fused-ring (bicyclic) bond motifs is 4. The van der Waals surface area contributed by atoms with Crippen LogP contribution in [0, 0.1) is 19.9 Å². The topological polar surface area (TPSA) is 0 Å². The SMILES string of the molecule is Cc1[cH-]c2ccccc2c1C.[Cl-].[Cl-].[Zr+2]=[C](c1ccccc1)c1ccccc1.[c-]1cccc2c1Cc1ccccc1-2. The molecule has 0 saturated heterocycles. The summed E-state index contributed by atoms with van der Waals surface area (Å²) in [5, 5.41) is 2.76. The van der Waals surface area contributed by atoms with Crippen LogP contribution < -0.4 is 24.8 Å². The predicted molar refractivity (Wildman–Crippen MR) is 159 cm³/mol. The van der Waals surface area contributed by atoms with Crippen molar-refractivity contribution in [2.45, 2.75) is 20.3 Å². The van der Waals surface area contributed by atoms with E-state index in [0.29, 0.717) is 0 Å². The molecule has 6 aromatic carbocycles. The minimum atomic E-state index is 0. The largest absolute Gasteiger partial charge is 0.179 e. The van der Waals surface area contributed by atoms with Crippen molar-refractivity contribution in [1.82, 2.24) is 0 Å². The van der Waals surface area contributed by atoms with Crippen molar-refractivity contribution < 1.29 is 49.0 Å². The Morgan fingerprint density at radius 2 is 1.20 bits per heavy atom. The van der Waals surface area contributed by atoms with Crippen LogP contribution in [0.4, 0.5) is 0 Å². The average molecular weight is 637 g/mol. The summed E-state index contributed by atoms with van der Waals surface area (Å²) in [6, 6.07) is 50.0. The molecule has 0 saturated carbocycles. The molecule has 7 rings (SSSR count). The van der Waals surface area contributed by atoms with Gasteiger partial charge in [-0.25, -0.2) is 0 Å². The maximum atomic E-state index is 3.30. The average Bonchev–Trinajstić information content (AvgIpc) is 3.51. The summed E-state index contributed by atoms with van der Waals surface area (Å²) in [6.07, 6.45) is 1.05. The van der Waals surface area contributed by atoms with Crippen molar-refractivity contribution in [3.63, 3.8) is 0 Å². The molecule has 1 aliphatic rings. The van der Waals surface area contributed by atoms with Crippen LogP contribution in [-0.4, -0.2) is 3.21 Å².